The molecular weight excluding hydrogens is 436 g/mol. The van der Waals surface area contributed by atoms with Crippen molar-refractivity contribution >= 4 is 5.91 Å². The zero-order chi connectivity index (χ0) is 23.4. The molecule has 2 atom stereocenters. The SMILES string of the molecule is O=C1C[C@@H](c2ccccc2)C(/C=C\OCc2cc(C(F)(F)F)cc(C(F)(F)F)c2)CCN1. The summed E-state index contributed by atoms with van der Waals surface area (Å²) in [5.41, 5.74) is -2.04. The fraction of sp³-hybridized carbons (Fsp3) is 0.348. The Labute approximate surface area is 181 Å². The van der Waals surface area contributed by atoms with Gasteiger partial charge in [0.25, 0.3) is 0 Å². The van der Waals surface area contributed by atoms with Gasteiger partial charge in [-0.3, -0.25) is 4.79 Å². The highest BCUT2D eigenvalue weighted by Gasteiger charge is 2.37. The Morgan fingerprint density at radius 1 is 0.969 bits per heavy atom. The van der Waals surface area contributed by atoms with Gasteiger partial charge in [-0.1, -0.05) is 30.3 Å². The summed E-state index contributed by atoms with van der Waals surface area (Å²) in [6, 6.07) is 10.8. The molecule has 32 heavy (non-hydrogen) atoms. The summed E-state index contributed by atoms with van der Waals surface area (Å²) >= 11 is 0. The number of allylic oxidation sites excluding steroid dienone is 1. The van der Waals surface area contributed by atoms with Gasteiger partial charge < -0.3 is 10.1 Å². The van der Waals surface area contributed by atoms with E-state index >= 15 is 0 Å². The zero-order valence-electron chi connectivity index (χ0n) is 16.8. The van der Waals surface area contributed by atoms with Crippen molar-refractivity contribution in [3.63, 3.8) is 0 Å². The molecule has 0 spiro atoms. The number of rotatable bonds is 5. The van der Waals surface area contributed by atoms with Gasteiger partial charge in [-0.2, -0.15) is 26.3 Å². The number of hydrogen-bond acceptors (Lipinski definition) is 2. The number of halogens is 6. The molecule has 1 amide bonds. The number of nitrogens with one attached hydrogen (secondary N) is 1. The Bertz CT molecular complexity index is 921. The van der Waals surface area contributed by atoms with Gasteiger partial charge in [0.05, 0.1) is 17.4 Å². The van der Waals surface area contributed by atoms with Gasteiger partial charge in [-0.25, -0.2) is 0 Å². The minimum Gasteiger partial charge on any atom is -0.497 e. The lowest BCUT2D eigenvalue weighted by atomic mass is 9.82. The van der Waals surface area contributed by atoms with Crippen molar-refractivity contribution < 1.29 is 35.9 Å². The first-order valence-corrected chi connectivity index (χ1v) is 9.92. The highest BCUT2D eigenvalue weighted by Crippen LogP contribution is 2.37. The third-order valence-corrected chi connectivity index (χ3v) is 5.27. The summed E-state index contributed by atoms with van der Waals surface area (Å²) in [5, 5.41) is 2.80. The quantitative estimate of drug-likeness (QED) is 0.438. The Kier molecular flexibility index (Phi) is 7.16. The highest BCUT2D eigenvalue weighted by atomic mass is 19.4. The molecule has 1 saturated heterocycles. The fourth-order valence-corrected chi connectivity index (χ4v) is 3.70. The van der Waals surface area contributed by atoms with Gasteiger partial charge in [0, 0.05) is 13.0 Å². The van der Waals surface area contributed by atoms with Crippen LogP contribution in [0.2, 0.25) is 0 Å². The van der Waals surface area contributed by atoms with Crippen LogP contribution in [0.3, 0.4) is 0 Å². The lowest BCUT2D eigenvalue weighted by Crippen LogP contribution is -2.22. The molecule has 2 aromatic rings. The van der Waals surface area contributed by atoms with Gasteiger partial charge >= 0.3 is 12.4 Å². The molecule has 1 heterocycles. The van der Waals surface area contributed by atoms with Crippen molar-refractivity contribution in [3.05, 3.63) is 83.1 Å². The predicted octanol–water partition coefficient (Wildman–Crippen LogP) is 6.06. The van der Waals surface area contributed by atoms with Gasteiger partial charge in [-0.15, -0.1) is 0 Å². The normalized spacial score (nSPS) is 20.1. The van der Waals surface area contributed by atoms with E-state index in [1.54, 1.807) is 6.08 Å². The second kappa shape index (κ2) is 9.67. The molecule has 1 aliphatic heterocycles. The van der Waals surface area contributed by atoms with Crippen molar-refractivity contribution in [1.29, 1.82) is 0 Å². The van der Waals surface area contributed by atoms with Crippen LogP contribution >= 0.6 is 0 Å². The summed E-state index contributed by atoms with van der Waals surface area (Å²) < 4.78 is 83.2. The topological polar surface area (TPSA) is 38.3 Å². The van der Waals surface area contributed by atoms with Gasteiger partial charge in [0.1, 0.15) is 6.61 Å². The zero-order valence-corrected chi connectivity index (χ0v) is 16.8. The number of amides is 1. The van der Waals surface area contributed by atoms with E-state index in [0.29, 0.717) is 25.1 Å². The summed E-state index contributed by atoms with van der Waals surface area (Å²) in [6.07, 6.45) is -5.95. The van der Waals surface area contributed by atoms with Gasteiger partial charge in [0.2, 0.25) is 5.91 Å². The van der Waals surface area contributed by atoms with Gasteiger partial charge in [0.15, 0.2) is 0 Å². The number of ether oxygens (including phenoxy) is 1. The number of carbonyl (C=O) groups is 1. The molecule has 0 bridgehead atoms. The third-order valence-electron chi connectivity index (χ3n) is 5.27. The van der Waals surface area contributed by atoms with E-state index in [-0.39, 0.29) is 35.8 Å². The first-order valence-electron chi connectivity index (χ1n) is 9.92. The molecule has 9 heteroatoms. The van der Waals surface area contributed by atoms with Crippen LogP contribution in [0.1, 0.15) is 41.0 Å². The summed E-state index contributed by atoms with van der Waals surface area (Å²) in [6.45, 7) is 0.00312. The fourth-order valence-electron chi connectivity index (χ4n) is 3.70. The minimum atomic E-state index is -4.91. The van der Waals surface area contributed by atoms with Crippen LogP contribution < -0.4 is 5.32 Å². The van der Waals surface area contributed by atoms with E-state index in [1.165, 1.54) is 6.26 Å². The van der Waals surface area contributed by atoms with Crippen molar-refractivity contribution in [3.8, 4) is 0 Å². The highest BCUT2D eigenvalue weighted by molar-refractivity contribution is 5.77. The first kappa shape index (κ1) is 23.7. The molecule has 3 nitrogen and oxygen atoms in total. The van der Waals surface area contributed by atoms with E-state index in [1.807, 2.05) is 30.3 Å². The standard InChI is InChI=1S/C23H21F6NO2/c24-22(25,26)18-10-15(11-19(12-18)23(27,28)29)14-32-9-7-17-6-8-30-21(31)13-20(17)16-4-2-1-3-5-16/h1-5,7,9-12,17,20H,6,8,13-14H2,(H,30,31)/b9-7-/t17?,20-/m0/s1. The molecule has 2 aromatic carbocycles. The van der Waals surface area contributed by atoms with Crippen LogP contribution in [-0.4, -0.2) is 12.5 Å². The first-order chi connectivity index (χ1) is 15.0. The number of hydrogen-bond donors (Lipinski definition) is 1. The molecule has 0 saturated carbocycles. The van der Waals surface area contributed by atoms with Crippen molar-refractivity contribution in [2.45, 2.75) is 37.7 Å². The Hall–Kier alpha value is -2.97. The van der Waals surface area contributed by atoms with Crippen molar-refractivity contribution in [2.75, 3.05) is 6.54 Å². The maximum Gasteiger partial charge on any atom is 0.416 e. The summed E-state index contributed by atoms with van der Waals surface area (Å²) in [4.78, 5) is 12.0. The van der Waals surface area contributed by atoms with Crippen LogP contribution in [0.5, 0.6) is 0 Å². The summed E-state index contributed by atoms with van der Waals surface area (Å²) in [5.74, 6) is -0.299. The van der Waals surface area contributed by atoms with E-state index in [4.69, 9.17) is 4.74 Å². The molecule has 1 aliphatic rings. The smallest absolute Gasteiger partial charge is 0.416 e. The molecule has 1 N–H and O–H groups in total. The number of benzene rings is 2. The number of carbonyl (C=O) groups excluding carboxylic acids is 1. The Morgan fingerprint density at radius 3 is 2.19 bits per heavy atom. The Balaban J connectivity index is 1.74. The largest absolute Gasteiger partial charge is 0.497 e. The lowest BCUT2D eigenvalue weighted by molar-refractivity contribution is -0.143. The van der Waals surface area contributed by atoms with Crippen LogP contribution in [0, 0.1) is 5.92 Å². The molecule has 0 radical (unpaired) electrons. The molecule has 0 aliphatic carbocycles. The van der Waals surface area contributed by atoms with E-state index in [0.717, 1.165) is 5.56 Å². The van der Waals surface area contributed by atoms with Crippen LogP contribution in [-0.2, 0) is 28.5 Å². The van der Waals surface area contributed by atoms with E-state index < -0.39 is 30.1 Å². The Morgan fingerprint density at radius 2 is 1.59 bits per heavy atom. The second-order valence-corrected chi connectivity index (χ2v) is 7.58. The monoisotopic (exact) mass is 457 g/mol. The average Bonchev–Trinajstić information content (AvgIpc) is 2.91. The van der Waals surface area contributed by atoms with Gasteiger partial charge in [-0.05, 0) is 53.7 Å². The average molecular weight is 457 g/mol. The van der Waals surface area contributed by atoms with Crippen molar-refractivity contribution in [2.24, 2.45) is 5.92 Å². The minimum absolute atomic E-state index is 0.0827. The molecule has 1 fully saturated rings. The molecule has 1 unspecified atom stereocenters. The maximum atomic E-state index is 13.0. The number of alkyl halides is 6. The van der Waals surface area contributed by atoms with E-state index in [2.05, 4.69) is 5.32 Å². The summed E-state index contributed by atoms with van der Waals surface area (Å²) in [7, 11) is 0. The van der Waals surface area contributed by atoms with Crippen molar-refractivity contribution in [1.82, 2.24) is 5.32 Å². The lowest BCUT2D eigenvalue weighted by Gasteiger charge is -2.21. The predicted molar refractivity (Wildman–Crippen MR) is 105 cm³/mol. The van der Waals surface area contributed by atoms with E-state index in [9.17, 15) is 31.1 Å². The molecule has 0 aromatic heterocycles. The second-order valence-electron chi connectivity index (χ2n) is 7.58. The van der Waals surface area contributed by atoms with Crippen LogP contribution in [0.15, 0.2) is 60.9 Å². The molecule has 3 rings (SSSR count). The molecule has 172 valence electrons. The van der Waals surface area contributed by atoms with Crippen LogP contribution in [0.25, 0.3) is 0 Å². The third kappa shape index (κ3) is 6.27. The maximum absolute atomic E-state index is 13.0. The molecular formula is C23H21F6NO2. The van der Waals surface area contributed by atoms with Crippen LogP contribution in [0.4, 0.5) is 26.3 Å².